The second-order valence-electron chi connectivity index (χ2n) is 9.12. The smallest absolute Gasteiger partial charge is 0.406 e. The number of hydrogen-bond donors (Lipinski definition) is 4. The first-order chi connectivity index (χ1) is 14.2. The molecule has 0 spiro atoms. The zero-order chi connectivity index (χ0) is 22.6. The molecule has 1 saturated carbocycles. The molecule has 0 bridgehead atoms. The first-order valence-corrected chi connectivity index (χ1v) is 11.4. The van der Waals surface area contributed by atoms with E-state index in [-0.39, 0.29) is 17.3 Å². The molecular weight excluding hydrogens is 382 g/mol. The number of ether oxygens (including phenoxy) is 1. The van der Waals surface area contributed by atoms with Crippen molar-refractivity contribution in [2.24, 2.45) is 17.3 Å². The number of amides is 1. The van der Waals surface area contributed by atoms with Crippen LogP contribution in [0.2, 0.25) is 0 Å². The van der Waals surface area contributed by atoms with Gasteiger partial charge in [-0.05, 0) is 43.4 Å². The summed E-state index contributed by atoms with van der Waals surface area (Å²) in [5, 5.41) is 33.8. The van der Waals surface area contributed by atoms with E-state index in [1.807, 2.05) is 12.2 Å². The minimum absolute atomic E-state index is 0.0463. The molecule has 6 nitrogen and oxygen atoms in total. The molecule has 0 aromatic heterocycles. The van der Waals surface area contributed by atoms with E-state index in [9.17, 15) is 20.1 Å². The highest BCUT2D eigenvalue weighted by Crippen LogP contribution is 2.37. The van der Waals surface area contributed by atoms with Crippen molar-refractivity contribution in [3.63, 3.8) is 0 Å². The first-order valence-electron chi connectivity index (χ1n) is 11.4. The molecule has 0 saturated heterocycles. The molecule has 1 amide bonds. The van der Waals surface area contributed by atoms with Gasteiger partial charge in [-0.3, -0.25) is 0 Å². The van der Waals surface area contributed by atoms with E-state index in [2.05, 4.69) is 38.2 Å². The van der Waals surface area contributed by atoms with Gasteiger partial charge in [-0.2, -0.15) is 0 Å². The van der Waals surface area contributed by atoms with Crippen molar-refractivity contribution in [3.05, 3.63) is 24.3 Å². The molecule has 0 aromatic rings. The van der Waals surface area contributed by atoms with Gasteiger partial charge in [-0.1, -0.05) is 57.9 Å². The maximum atomic E-state index is 11.0. The van der Waals surface area contributed by atoms with E-state index in [4.69, 9.17) is 4.74 Å². The zero-order valence-corrected chi connectivity index (χ0v) is 19.2. The summed E-state index contributed by atoms with van der Waals surface area (Å²) in [5.74, 6) is -0.197. The Morgan fingerprint density at radius 1 is 1.20 bits per heavy atom. The molecule has 1 aliphatic carbocycles. The number of alkyl carbamates (subject to hydrolysis) is 1. The molecule has 6 heteroatoms. The standard InChI is InChI=1S/C24H43NO5/c1-5-6-15-24(2,3)22(28)14-13-19-18(20(26)17-21(19)27)12-10-8-7-9-11-16-30-23(29)25-4/h8,10,13-14,18-22,26-28H,5-7,9,11-12,15-17H2,1-4H3,(H,25,29)/t18-,19-,20+,21-,22-/m1/s1. The van der Waals surface area contributed by atoms with Crippen molar-refractivity contribution >= 4 is 6.09 Å². The van der Waals surface area contributed by atoms with Crippen molar-refractivity contribution in [2.75, 3.05) is 13.7 Å². The Morgan fingerprint density at radius 3 is 2.60 bits per heavy atom. The highest BCUT2D eigenvalue weighted by atomic mass is 16.5. The molecule has 4 N–H and O–H groups in total. The average molecular weight is 426 g/mol. The number of allylic oxidation sites excluding steroid dienone is 2. The minimum atomic E-state index is -0.581. The maximum Gasteiger partial charge on any atom is 0.406 e. The molecule has 1 rings (SSSR count). The Kier molecular flexibility index (Phi) is 12.3. The van der Waals surface area contributed by atoms with Gasteiger partial charge in [0.1, 0.15) is 0 Å². The summed E-state index contributed by atoms with van der Waals surface area (Å²) in [5.41, 5.74) is -0.203. The molecular formula is C24H43NO5. The van der Waals surface area contributed by atoms with Crippen molar-refractivity contribution < 1.29 is 24.9 Å². The van der Waals surface area contributed by atoms with Crippen LogP contribution < -0.4 is 5.32 Å². The predicted molar refractivity (Wildman–Crippen MR) is 120 cm³/mol. The highest BCUT2D eigenvalue weighted by molar-refractivity contribution is 5.66. The lowest BCUT2D eigenvalue weighted by molar-refractivity contribution is 0.0796. The van der Waals surface area contributed by atoms with Crippen LogP contribution in [0.3, 0.4) is 0 Å². The van der Waals surface area contributed by atoms with Gasteiger partial charge < -0.3 is 25.4 Å². The largest absolute Gasteiger partial charge is 0.450 e. The Balaban J connectivity index is 2.49. The molecule has 5 atom stereocenters. The lowest BCUT2D eigenvalue weighted by atomic mass is 9.80. The van der Waals surface area contributed by atoms with E-state index < -0.39 is 24.4 Å². The summed E-state index contributed by atoms with van der Waals surface area (Å²) >= 11 is 0. The third-order valence-electron chi connectivity index (χ3n) is 6.18. The summed E-state index contributed by atoms with van der Waals surface area (Å²) < 4.78 is 4.95. The quantitative estimate of drug-likeness (QED) is 0.264. The second kappa shape index (κ2) is 13.8. The van der Waals surface area contributed by atoms with Gasteiger partial charge in [0.15, 0.2) is 0 Å². The summed E-state index contributed by atoms with van der Waals surface area (Å²) in [6.45, 7) is 6.69. The monoisotopic (exact) mass is 425 g/mol. The van der Waals surface area contributed by atoms with Crippen LogP contribution in [0, 0.1) is 17.3 Å². The normalized spacial score (nSPS) is 25.8. The number of carbonyl (C=O) groups is 1. The molecule has 0 heterocycles. The van der Waals surface area contributed by atoms with Crippen LogP contribution in [0.1, 0.15) is 72.1 Å². The van der Waals surface area contributed by atoms with Crippen LogP contribution in [-0.2, 0) is 4.74 Å². The Labute approximate surface area is 182 Å². The van der Waals surface area contributed by atoms with Crippen molar-refractivity contribution in [1.82, 2.24) is 5.32 Å². The number of carbonyl (C=O) groups excluding carboxylic acids is 1. The molecule has 1 fully saturated rings. The maximum absolute atomic E-state index is 11.0. The van der Waals surface area contributed by atoms with Gasteiger partial charge in [0.25, 0.3) is 0 Å². The van der Waals surface area contributed by atoms with E-state index >= 15 is 0 Å². The van der Waals surface area contributed by atoms with Crippen LogP contribution in [0.5, 0.6) is 0 Å². The van der Waals surface area contributed by atoms with Crippen LogP contribution in [-0.4, -0.2) is 53.4 Å². The lowest BCUT2D eigenvalue weighted by Gasteiger charge is -2.29. The van der Waals surface area contributed by atoms with Gasteiger partial charge in [0, 0.05) is 19.4 Å². The highest BCUT2D eigenvalue weighted by Gasteiger charge is 2.39. The van der Waals surface area contributed by atoms with Crippen LogP contribution >= 0.6 is 0 Å². The lowest BCUT2D eigenvalue weighted by Crippen LogP contribution is -2.28. The minimum Gasteiger partial charge on any atom is -0.450 e. The summed E-state index contributed by atoms with van der Waals surface area (Å²) in [4.78, 5) is 11.0. The van der Waals surface area contributed by atoms with E-state index in [0.29, 0.717) is 19.4 Å². The Morgan fingerprint density at radius 2 is 1.93 bits per heavy atom. The molecule has 1 aliphatic rings. The zero-order valence-electron chi connectivity index (χ0n) is 19.2. The fourth-order valence-electron chi connectivity index (χ4n) is 3.95. The first kappa shape index (κ1) is 26.7. The van der Waals surface area contributed by atoms with E-state index in [1.165, 1.54) is 7.05 Å². The molecule has 0 unspecified atom stereocenters. The van der Waals surface area contributed by atoms with Gasteiger partial charge in [0.05, 0.1) is 24.9 Å². The summed E-state index contributed by atoms with van der Waals surface area (Å²) in [6, 6.07) is 0. The van der Waals surface area contributed by atoms with Crippen molar-refractivity contribution in [1.29, 1.82) is 0 Å². The molecule has 0 aromatic carbocycles. The number of nitrogens with one attached hydrogen (secondary N) is 1. The number of aliphatic hydroxyl groups excluding tert-OH is 3. The third-order valence-corrected chi connectivity index (χ3v) is 6.18. The Bertz CT molecular complexity index is 546. The van der Waals surface area contributed by atoms with E-state index in [0.717, 1.165) is 38.5 Å². The molecule has 0 radical (unpaired) electrons. The predicted octanol–water partition coefficient (Wildman–Crippen LogP) is 3.95. The van der Waals surface area contributed by atoms with Crippen LogP contribution in [0.15, 0.2) is 24.3 Å². The fraction of sp³-hybridized carbons (Fsp3) is 0.792. The fourth-order valence-corrected chi connectivity index (χ4v) is 3.95. The van der Waals surface area contributed by atoms with Crippen LogP contribution in [0.4, 0.5) is 4.79 Å². The molecule has 174 valence electrons. The van der Waals surface area contributed by atoms with Gasteiger partial charge in [-0.15, -0.1) is 0 Å². The number of aliphatic hydroxyl groups is 3. The molecule has 0 aliphatic heterocycles. The number of hydrogen-bond acceptors (Lipinski definition) is 5. The Hall–Kier alpha value is -1.37. The summed E-state index contributed by atoms with van der Waals surface area (Å²) in [7, 11) is 1.54. The van der Waals surface area contributed by atoms with Gasteiger partial charge >= 0.3 is 6.09 Å². The SMILES string of the molecule is CCCCC(C)(C)[C@H](O)C=C[C@@H]1[C@@H](CC=CCCCCOC(=O)NC)[C@@H](O)C[C@H]1O. The van der Waals surface area contributed by atoms with E-state index in [1.54, 1.807) is 0 Å². The summed E-state index contributed by atoms with van der Waals surface area (Å²) in [6.07, 6.45) is 12.6. The second-order valence-corrected chi connectivity index (χ2v) is 9.12. The van der Waals surface area contributed by atoms with Crippen molar-refractivity contribution in [2.45, 2.75) is 90.4 Å². The number of unbranched alkanes of at least 4 members (excludes halogenated alkanes) is 3. The topological polar surface area (TPSA) is 99.0 Å². The van der Waals surface area contributed by atoms with Gasteiger partial charge in [0.2, 0.25) is 0 Å². The average Bonchev–Trinajstić information content (AvgIpc) is 2.98. The number of rotatable bonds is 13. The van der Waals surface area contributed by atoms with Crippen molar-refractivity contribution in [3.8, 4) is 0 Å². The van der Waals surface area contributed by atoms with Crippen LogP contribution in [0.25, 0.3) is 0 Å². The third kappa shape index (κ3) is 9.19. The van der Waals surface area contributed by atoms with Gasteiger partial charge in [-0.25, -0.2) is 4.79 Å². The molecule has 30 heavy (non-hydrogen) atoms.